The van der Waals surface area contributed by atoms with Gasteiger partial charge in [0.05, 0.1) is 21.4 Å². The quantitative estimate of drug-likeness (QED) is 0.476. The molecule has 0 saturated heterocycles. The lowest BCUT2D eigenvalue weighted by molar-refractivity contribution is 0.558. The molecular weight excluding hydrogens is 177 g/mol. The third-order valence-electron chi connectivity index (χ3n) is 3.62. The first kappa shape index (κ1) is 13.0. The zero-order chi connectivity index (χ0) is 10.9. The monoisotopic (exact) mass is 202 g/mol. The summed E-state index contributed by atoms with van der Waals surface area (Å²) in [5, 5.41) is 0. The fourth-order valence-electron chi connectivity index (χ4n) is 2.66. The second-order valence-electron chi connectivity index (χ2n) is 4.97. The van der Waals surface area contributed by atoms with E-state index in [1.807, 2.05) is 11.1 Å². The first-order chi connectivity index (χ1) is 7.38. The number of rotatable bonds is 2. The van der Waals surface area contributed by atoms with Crippen LogP contribution in [0.4, 0.5) is 0 Å². The van der Waals surface area contributed by atoms with E-state index in [4.69, 9.17) is 0 Å². The molecular formula is C12H25B3. The van der Waals surface area contributed by atoms with Crippen LogP contribution < -0.4 is 0 Å². The van der Waals surface area contributed by atoms with E-state index in [2.05, 4.69) is 13.6 Å². The van der Waals surface area contributed by atoms with E-state index in [9.17, 15) is 0 Å². The van der Waals surface area contributed by atoms with Gasteiger partial charge >= 0.3 is 0 Å². The summed E-state index contributed by atoms with van der Waals surface area (Å²) in [5.41, 5.74) is 3.69. The van der Waals surface area contributed by atoms with Crippen LogP contribution in [0.2, 0.25) is 13.6 Å². The molecule has 0 aromatic heterocycles. The molecule has 2 rings (SSSR count). The van der Waals surface area contributed by atoms with Crippen molar-refractivity contribution in [2.45, 2.75) is 65.0 Å². The minimum atomic E-state index is 1.34. The highest BCUT2D eigenvalue weighted by Gasteiger charge is 2.15. The molecule has 0 unspecified atom stereocenters. The Balaban J connectivity index is 0.000000195. The maximum atomic E-state index is 2.21. The van der Waals surface area contributed by atoms with Crippen LogP contribution >= 0.6 is 0 Å². The van der Waals surface area contributed by atoms with Crippen molar-refractivity contribution in [3.63, 3.8) is 0 Å². The van der Waals surface area contributed by atoms with E-state index in [0.29, 0.717) is 0 Å². The lowest BCUT2D eigenvalue weighted by Gasteiger charge is -2.24. The number of allylic oxidation sites excluding steroid dienone is 2. The van der Waals surface area contributed by atoms with Crippen LogP contribution in [0, 0.1) is 0 Å². The molecule has 0 aliphatic heterocycles. The van der Waals surface area contributed by atoms with Crippen molar-refractivity contribution in [2.24, 2.45) is 0 Å². The van der Waals surface area contributed by atoms with Crippen molar-refractivity contribution in [1.29, 1.82) is 0 Å². The highest BCUT2D eigenvalue weighted by Crippen LogP contribution is 2.34. The van der Waals surface area contributed by atoms with Gasteiger partial charge in [-0.3, -0.25) is 0 Å². The van der Waals surface area contributed by atoms with Gasteiger partial charge in [0.1, 0.15) is 0 Å². The Morgan fingerprint density at radius 2 is 1.00 bits per heavy atom. The van der Waals surface area contributed by atoms with Crippen LogP contribution in [0.15, 0.2) is 11.1 Å². The summed E-state index contributed by atoms with van der Waals surface area (Å²) in [7, 11) is 4.08. The van der Waals surface area contributed by atoms with Crippen molar-refractivity contribution in [3.05, 3.63) is 11.1 Å². The summed E-state index contributed by atoms with van der Waals surface area (Å²) in [6.07, 6.45) is 11.6. The summed E-state index contributed by atoms with van der Waals surface area (Å²) >= 11 is 0. The average Bonchev–Trinajstić information content (AvgIpc) is 2.31. The molecule has 0 bridgehead atoms. The average molecular weight is 202 g/mol. The molecule has 0 aromatic carbocycles. The molecule has 0 saturated carbocycles. The van der Waals surface area contributed by atoms with Crippen molar-refractivity contribution < 1.29 is 0 Å². The second-order valence-corrected chi connectivity index (χ2v) is 4.97. The third-order valence-corrected chi connectivity index (χ3v) is 3.62. The summed E-state index contributed by atoms with van der Waals surface area (Å²) < 4.78 is 0. The number of hydrogen-bond acceptors (Lipinski definition) is 0. The molecule has 0 heterocycles. The molecule has 2 aliphatic rings. The lowest BCUT2D eigenvalue weighted by atomic mass is 9.21. The molecule has 0 radical (unpaired) electrons. The van der Waals surface area contributed by atoms with Gasteiger partial charge in [-0.25, -0.2) is 0 Å². The predicted octanol–water partition coefficient (Wildman–Crippen LogP) is 2.65. The molecule has 2 aliphatic carbocycles. The molecule has 0 spiro atoms. The molecule has 0 aromatic rings. The Morgan fingerprint density at radius 3 is 1.20 bits per heavy atom. The lowest BCUT2D eigenvalue weighted by Crippen LogP contribution is -2.04. The third kappa shape index (κ3) is 4.99. The maximum absolute atomic E-state index is 2.21. The van der Waals surface area contributed by atoms with Crippen LogP contribution in [-0.4, -0.2) is 21.4 Å². The summed E-state index contributed by atoms with van der Waals surface area (Å²) in [4.78, 5) is 0. The highest BCUT2D eigenvalue weighted by atomic mass is 14.2. The van der Waals surface area contributed by atoms with Crippen LogP contribution in [-0.2, 0) is 0 Å². The normalized spacial score (nSPS) is 19.6. The molecule has 3 heteroatoms. The number of hydrogen-bond donors (Lipinski definition) is 0. The highest BCUT2D eigenvalue weighted by molar-refractivity contribution is 7.28. The zero-order valence-electron chi connectivity index (χ0n) is 10.8. The molecule has 15 heavy (non-hydrogen) atoms. The van der Waals surface area contributed by atoms with E-state index in [1.54, 1.807) is 0 Å². The smallest absolute Gasteiger partial charge is 0.0745 e. The van der Waals surface area contributed by atoms with Crippen LogP contribution in [0.1, 0.15) is 51.4 Å². The SMILES string of the molecule is C1CCC2=C(C1)CCCC2.CBBBC. The molecule has 0 atom stereocenters. The van der Waals surface area contributed by atoms with Crippen LogP contribution in [0.25, 0.3) is 0 Å². The summed E-state index contributed by atoms with van der Waals surface area (Å²) in [6, 6.07) is 0. The van der Waals surface area contributed by atoms with E-state index < -0.39 is 0 Å². The molecule has 0 nitrogen and oxygen atoms in total. The molecule has 82 valence electrons. The van der Waals surface area contributed by atoms with Gasteiger partial charge in [-0.1, -0.05) is 24.8 Å². The molecule has 0 N–H and O–H groups in total. The van der Waals surface area contributed by atoms with Gasteiger partial charge in [0.15, 0.2) is 0 Å². The van der Waals surface area contributed by atoms with E-state index in [-0.39, 0.29) is 0 Å². The van der Waals surface area contributed by atoms with E-state index in [0.717, 1.165) is 0 Å². The Kier molecular flexibility index (Phi) is 7.05. The van der Waals surface area contributed by atoms with Gasteiger partial charge in [0.2, 0.25) is 0 Å². The van der Waals surface area contributed by atoms with Crippen molar-refractivity contribution in [2.75, 3.05) is 0 Å². The minimum absolute atomic E-state index is 1.34. The second kappa shape index (κ2) is 8.13. The first-order valence-corrected chi connectivity index (χ1v) is 7.08. The Labute approximate surface area is 98.0 Å². The zero-order valence-corrected chi connectivity index (χ0v) is 10.8. The van der Waals surface area contributed by atoms with Crippen molar-refractivity contribution in [3.8, 4) is 0 Å². The predicted molar refractivity (Wildman–Crippen MR) is 77.1 cm³/mol. The minimum Gasteiger partial charge on any atom is -0.0966 e. The van der Waals surface area contributed by atoms with Crippen molar-refractivity contribution >= 4 is 21.4 Å². The van der Waals surface area contributed by atoms with Crippen molar-refractivity contribution in [1.82, 2.24) is 0 Å². The molecule has 0 amide bonds. The largest absolute Gasteiger partial charge is 0.0966 e. The summed E-state index contributed by atoms with van der Waals surface area (Å²) in [6.45, 7) is 4.42. The van der Waals surface area contributed by atoms with E-state index >= 15 is 0 Å². The topological polar surface area (TPSA) is 0 Å². The Bertz CT molecular complexity index is 163. The van der Waals surface area contributed by atoms with Crippen LogP contribution in [0.5, 0.6) is 0 Å². The first-order valence-electron chi connectivity index (χ1n) is 7.08. The standard InChI is InChI=1S/C10H16.C2H9B3/c1-2-6-10-8-4-3-7-9(10)5-1;1-3-5-4-2/h1-8H2;3-5H,1-2H3. The molecule has 0 fully saturated rings. The van der Waals surface area contributed by atoms with Gasteiger partial charge in [0, 0.05) is 0 Å². The van der Waals surface area contributed by atoms with Gasteiger partial charge in [-0.15, -0.1) is 0 Å². The maximum Gasteiger partial charge on any atom is 0.0745 e. The van der Waals surface area contributed by atoms with Gasteiger partial charge in [0.25, 0.3) is 0 Å². The van der Waals surface area contributed by atoms with E-state index in [1.165, 1.54) is 72.8 Å². The summed E-state index contributed by atoms with van der Waals surface area (Å²) in [5.74, 6) is 0. The van der Waals surface area contributed by atoms with Gasteiger partial charge in [-0.2, -0.15) is 0 Å². The Hall–Kier alpha value is -0.0652. The fourth-order valence-corrected chi connectivity index (χ4v) is 2.66. The van der Waals surface area contributed by atoms with Gasteiger partial charge < -0.3 is 0 Å². The fraction of sp³-hybridized carbons (Fsp3) is 0.833. The Morgan fingerprint density at radius 1 is 0.667 bits per heavy atom. The van der Waals surface area contributed by atoms with Crippen LogP contribution in [0.3, 0.4) is 0 Å². The van der Waals surface area contributed by atoms with Gasteiger partial charge in [-0.05, 0) is 51.4 Å².